The smallest absolute Gasteiger partial charge is 0.346 e. The normalized spacial score (nSPS) is 9.86. The van der Waals surface area contributed by atoms with Crippen molar-refractivity contribution in [2.24, 2.45) is 0 Å². The fourth-order valence-corrected chi connectivity index (χ4v) is 1.41. The Morgan fingerprint density at radius 1 is 1.00 bits per heavy atom. The Morgan fingerprint density at radius 2 is 1.36 bits per heavy atom. The van der Waals surface area contributed by atoms with Crippen LogP contribution in [0.1, 0.15) is 47.5 Å². The Labute approximate surface area is 104 Å². The number of hydrogen-bond acceptors (Lipinski definition) is 1. The van der Waals surface area contributed by atoms with Gasteiger partial charge in [0.2, 0.25) is 0 Å². The molecule has 0 rings (SSSR count). The van der Waals surface area contributed by atoms with Crippen LogP contribution in [0.25, 0.3) is 0 Å². The van der Waals surface area contributed by atoms with Crippen molar-refractivity contribution < 1.29 is 19.5 Å². The molecule has 0 N–H and O–H groups in total. The molecule has 2 heteroatoms. The van der Waals surface area contributed by atoms with Crippen LogP contribution >= 0.6 is 0 Å². The minimum atomic E-state index is 0. The molecule has 0 aliphatic rings. The first-order chi connectivity index (χ1) is 6.09. The summed E-state index contributed by atoms with van der Waals surface area (Å²) in [5, 5.41) is 0. The molecule has 0 atom stereocenters. The van der Waals surface area contributed by atoms with Crippen LogP contribution in [-0.2, 0) is 19.5 Å². The summed E-state index contributed by atoms with van der Waals surface area (Å²) in [6.45, 7) is 19.1. The van der Waals surface area contributed by atoms with Crippen LogP contribution in [0.2, 0.25) is 0 Å². The summed E-state index contributed by atoms with van der Waals surface area (Å²) < 4.78 is 0. The van der Waals surface area contributed by atoms with E-state index in [0.29, 0.717) is 12.1 Å². The zero-order valence-corrected chi connectivity index (χ0v) is 13.8. The molecule has 0 aromatic heterocycles. The Kier molecular flexibility index (Phi) is 19.5. The van der Waals surface area contributed by atoms with Crippen molar-refractivity contribution in [3.8, 4) is 0 Å². The van der Waals surface area contributed by atoms with E-state index in [1.807, 2.05) is 0 Å². The Balaban J connectivity index is -0.000000376. The maximum absolute atomic E-state index is 3.85. The third-order valence-electron chi connectivity index (χ3n) is 1.99. The molecule has 0 saturated carbocycles. The van der Waals surface area contributed by atoms with Gasteiger partial charge in [0.1, 0.15) is 0 Å². The molecule has 0 heterocycles. The van der Waals surface area contributed by atoms with Crippen LogP contribution in [0.5, 0.6) is 0 Å². The molecule has 0 saturated heterocycles. The Bertz CT molecular complexity index is 84.3. The minimum absolute atomic E-state index is 0. The summed E-state index contributed by atoms with van der Waals surface area (Å²) in [6, 6.07) is 1.34. The van der Waals surface area contributed by atoms with Crippen molar-refractivity contribution in [1.82, 2.24) is 4.90 Å². The van der Waals surface area contributed by atoms with Crippen molar-refractivity contribution in [1.29, 1.82) is 0 Å². The molecule has 0 fully saturated rings. The van der Waals surface area contributed by atoms with E-state index < -0.39 is 0 Å². The first-order valence-electron chi connectivity index (χ1n) is 5.35. The molecule has 1 nitrogen and oxygen atoms in total. The number of unbranched alkanes of at least 4 members (excludes halogenated alkanes) is 1. The average Bonchev–Trinajstić information content (AvgIpc) is 2.07. The van der Waals surface area contributed by atoms with Gasteiger partial charge >= 0.3 is 19.5 Å². The van der Waals surface area contributed by atoms with Crippen molar-refractivity contribution in [2.75, 3.05) is 6.54 Å². The third kappa shape index (κ3) is 10.7. The fraction of sp³-hybridized carbons (Fsp3) is 0.833. The summed E-state index contributed by atoms with van der Waals surface area (Å²) in [6.07, 6.45) is 2.27. The van der Waals surface area contributed by atoms with Crippen molar-refractivity contribution in [3.05, 3.63) is 13.8 Å². The van der Waals surface area contributed by atoms with E-state index in [4.69, 9.17) is 0 Å². The third-order valence-corrected chi connectivity index (χ3v) is 1.99. The predicted octanol–water partition coefficient (Wildman–Crippen LogP) is 3.56. The molecule has 0 spiro atoms. The largest absolute Gasteiger partial charge is 2.00 e. The number of rotatable bonds is 5. The molecule has 0 amide bonds. The molecule has 0 aromatic rings. The van der Waals surface area contributed by atoms with E-state index in [9.17, 15) is 0 Å². The summed E-state index contributed by atoms with van der Waals surface area (Å²) >= 11 is 0. The Morgan fingerprint density at radius 3 is 1.57 bits per heavy atom. The SMILES string of the molecule is [CH2-]C.[CH2-]CCCN(C(C)C)C(C)C.[Zn+2]. The van der Waals surface area contributed by atoms with Gasteiger partial charge in [-0.3, -0.25) is 4.90 Å². The second kappa shape index (κ2) is 13.6. The van der Waals surface area contributed by atoms with E-state index in [-0.39, 0.29) is 19.5 Å². The number of hydrogen-bond donors (Lipinski definition) is 0. The topological polar surface area (TPSA) is 3.24 Å². The summed E-state index contributed by atoms with van der Waals surface area (Å²) in [5.74, 6) is 0. The van der Waals surface area contributed by atoms with E-state index in [0.717, 1.165) is 6.42 Å². The molecular formula is C12H27NZn. The van der Waals surface area contributed by atoms with Gasteiger partial charge in [0.15, 0.2) is 0 Å². The van der Waals surface area contributed by atoms with Crippen LogP contribution < -0.4 is 0 Å². The van der Waals surface area contributed by atoms with E-state index >= 15 is 0 Å². The van der Waals surface area contributed by atoms with Gasteiger partial charge in [-0.15, -0.1) is 0 Å². The standard InChI is InChI=1S/C10H22N.C2H5.Zn/c1-6-7-8-11(9(2)3)10(4)5;1-2;/h9-10H,1,6-8H2,2-5H3;1H2,2H3;/q2*-1;+2. The van der Waals surface area contributed by atoms with Gasteiger partial charge in [0.05, 0.1) is 0 Å². The molecule has 82 valence electrons. The first kappa shape index (κ1) is 20.1. The Hall–Kier alpha value is 0.583. The number of nitrogens with zero attached hydrogens (tertiary/aromatic N) is 1. The summed E-state index contributed by atoms with van der Waals surface area (Å²) in [5.41, 5.74) is 0. The molecule has 0 bridgehead atoms. The molecule has 0 unspecified atom stereocenters. The van der Waals surface area contributed by atoms with Gasteiger partial charge in [0.25, 0.3) is 0 Å². The van der Waals surface area contributed by atoms with Crippen molar-refractivity contribution in [2.45, 2.75) is 59.5 Å². The molecule has 0 aliphatic carbocycles. The molecular weight excluding hydrogens is 224 g/mol. The molecule has 0 aromatic carbocycles. The zero-order valence-electron chi connectivity index (χ0n) is 10.8. The zero-order chi connectivity index (χ0) is 10.9. The minimum Gasteiger partial charge on any atom is -0.346 e. The van der Waals surface area contributed by atoms with Crippen LogP contribution in [0.3, 0.4) is 0 Å². The van der Waals surface area contributed by atoms with Gasteiger partial charge < -0.3 is 13.8 Å². The molecule has 14 heavy (non-hydrogen) atoms. The fourth-order valence-electron chi connectivity index (χ4n) is 1.41. The van der Waals surface area contributed by atoms with Crippen LogP contribution in [-0.4, -0.2) is 23.5 Å². The first-order valence-corrected chi connectivity index (χ1v) is 5.35. The van der Waals surface area contributed by atoms with Crippen molar-refractivity contribution in [3.63, 3.8) is 0 Å². The van der Waals surface area contributed by atoms with Gasteiger partial charge in [-0.2, -0.15) is 13.3 Å². The van der Waals surface area contributed by atoms with E-state index in [1.165, 1.54) is 13.0 Å². The second-order valence-corrected chi connectivity index (χ2v) is 3.63. The van der Waals surface area contributed by atoms with Crippen LogP contribution in [0.4, 0.5) is 0 Å². The predicted molar refractivity (Wildman–Crippen MR) is 62.6 cm³/mol. The van der Waals surface area contributed by atoms with Gasteiger partial charge in [-0.05, 0) is 34.2 Å². The van der Waals surface area contributed by atoms with Crippen molar-refractivity contribution >= 4 is 0 Å². The van der Waals surface area contributed by atoms with E-state index in [1.54, 1.807) is 6.92 Å². The monoisotopic (exact) mass is 249 g/mol. The maximum Gasteiger partial charge on any atom is 2.00 e. The average molecular weight is 251 g/mol. The summed E-state index contributed by atoms with van der Waals surface area (Å²) in [7, 11) is 0. The van der Waals surface area contributed by atoms with Crippen LogP contribution in [0.15, 0.2) is 0 Å². The van der Waals surface area contributed by atoms with Gasteiger partial charge in [-0.25, -0.2) is 0 Å². The molecule has 0 radical (unpaired) electrons. The van der Waals surface area contributed by atoms with Gasteiger partial charge in [0, 0.05) is 12.1 Å². The maximum atomic E-state index is 3.85. The second-order valence-electron chi connectivity index (χ2n) is 3.63. The van der Waals surface area contributed by atoms with E-state index in [2.05, 4.69) is 46.4 Å². The summed E-state index contributed by atoms with van der Waals surface area (Å²) in [4.78, 5) is 2.51. The van der Waals surface area contributed by atoms with Crippen LogP contribution in [0, 0.1) is 13.8 Å². The molecule has 0 aliphatic heterocycles. The van der Waals surface area contributed by atoms with Gasteiger partial charge in [-0.1, -0.05) is 6.42 Å². The quantitative estimate of drug-likeness (QED) is 0.533.